The molecule has 4 heterocycles. The van der Waals surface area contributed by atoms with Crippen LogP contribution in [0.2, 0.25) is 0 Å². The van der Waals surface area contributed by atoms with Gasteiger partial charge in [-0.2, -0.15) is 0 Å². The average Bonchev–Trinajstić information content (AvgIpc) is 3.24. The molecule has 1 saturated heterocycles. The van der Waals surface area contributed by atoms with Crippen molar-refractivity contribution in [2.24, 2.45) is 5.92 Å². The average molecular weight is 404 g/mol. The Bertz CT molecular complexity index is 796. The summed E-state index contributed by atoms with van der Waals surface area (Å²) in [6, 6.07) is 4.43. The lowest BCUT2D eigenvalue weighted by atomic mass is 9.99. The van der Waals surface area contributed by atoms with Gasteiger partial charge in [0.2, 0.25) is 5.91 Å². The summed E-state index contributed by atoms with van der Waals surface area (Å²) in [6.07, 6.45) is 3.30. The molecule has 28 heavy (non-hydrogen) atoms. The van der Waals surface area contributed by atoms with Crippen LogP contribution in [0.4, 0.5) is 0 Å². The molecule has 0 unspecified atom stereocenters. The zero-order valence-corrected chi connectivity index (χ0v) is 17.3. The Morgan fingerprint density at radius 3 is 2.89 bits per heavy atom. The van der Waals surface area contributed by atoms with E-state index in [0.29, 0.717) is 19.8 Å². The fourth-order valence-corrected chi connectivity index (χ4v) is 4.89. The van der Waals surface area contributed by atoms with Gasteiger partial charge in [-0.15, -0.1) is 21.5 Å². The number of ether oxygens (including phenoxy) is 1. The van der Waals surface area contributed by atoms with Crippen molar-refractivity contribution in [2.45, 2.75) is 45.7 Å². The van der Waals surface area contributed by atoms with Crippen molar-refractivity contribution in [3.63, 3.8) is 0 Å². The lowest BCUT2D eigenvalue weighted by Gasteiger charge is -2.21. The van der Waals surface area contributed by atoms with E-state index < -0.39 is 0 Å². The second-order valence-corrected chi connectivity index (χ2v) is 9.02. The number of nitrogens with zero attached hydrogens (tertiary/aromatic N) is 4. The summed E-state index contributed by atoms with van der Waals surface area (Å²) in [6.45, 7) is 8.09. The molecule has 2 aromatic rings. The van der Waals surface area contributed by atoms with Gasteiger partial charge < -0.3 is 14.6 Å². The molecule has 2 aliphatic heterocycles. The first kappa shape index (κ1) is 19.5. The van der Waals surface area contributed by atoms with Gasteiger partial charge in [0.05, 0.1) is 0 Å². The highest BCUT2D eigenvalue weighted by Gasteiger charge is 2.22. The van der Waals surface area contributed by atoms with Crippen LogP contribution in [0.25, 0.3) is 0 Å². The summed E-state index contributed by atoms with van der Waals surface area (Å²) in [7, 11) is 0. The molecule has 8 heteroatoms. The van der Waals surface area contributed by atoms with Gasteiger partial charge in [-0.1, -0.05) is 0 Å². The molecule has 2 aliphatic rings. The number of carbonyl (C=O) groups excluding carboxylic acids is 1. The van der Waals surface area contributed by atoms with Crippen molar-refractivity contribution in [1.82, 2.24) is 25.0 Å². The third-order valence-corrected chi connectivity index (χ3v) is 6.60. The van der Waals surface area contributed by atoms with Gasteiger partial charge in [-0.25, -0.2) is 0 Å². The molecule has 0 spiro atoms. The quantitative estimate of drug-likeness (QED) is 0.796. The minimum Gasteiger partial charge on any atom is -0.381 e. The molecular formula is C20H29N5O2S. The molecule has 1 N–H and O–H groups in total. The van der Waals surface area contributed by atoms with Crippen molar-refractivity contribution in [3.05, 3.63) is 33.5 Å². The lowest BCUT2D eigenvalue weighted by molar-refractivity contribution is -0.127. The maximum absolute atomic E-state index is 12.3. The molecule has 0 aromatic carbocycles. The predicted octanol–water partition coefficient (Wildman–Crippen LogP) is 1.79. The van der Waals surface area contributed by atoms with E-state index in [1.165, 1.54) is 9.75 Å². The van der Waals surface area contributed by atoms with Gasteiger partial charge in [0.25, 0.3) is 0 Å². The van der Waals surface area contributed by atoms with Crippen molar-refractivity contribution in [1.29, 1.82) is 0 Å². The van der Waals surface area contributed by atoms with Crippen molar-refractivity contribution >= 4 is 17.2 Å². The van der Waals surface area contributed by atoms with Crippen LogP contribution < -0.4 is 5.32 Å². The molecule has 4 rings (SSSR count). The van der Waals surface area contributed by atoms with E-state index in [4.69, 9.17) is 4.74 Å². The highest BCUT2D eigenvalue weighted by molar-refractivity contribution is 7.11. The summed E-state index contributed by atoms with van der Waals surface area (Å²) in [5, 5.41) is 11.9. The van der Waals surface area contributed by atoms with Crippen LogP contribution in [0.15, 0.2) is 12.1 Å². The second kappa shape index (κ2) is 9.15. The number of nitrogens with one attached hydrogen (secondary N) is 1. The molecule has 0 bridgehead atoms. The van der Waals surface area contributed by atoms with E-state index in [0.717, 1.165) is 63.5 Å². The third-order valence-electron chi connectivity index (χ3n) is 5.61. The Morgan fingerprint density at radius 2 is 2.11 bits per heavy atom. The highest BCUT2D eigenvalue weighted by atomic mass is 32.1. The monoisotopic (exact) mass is 403 g/mol. The number of rotatable bonds is 6. The zero-order chi connectivity index (χ0) is 19.3. The molecule has 0 radical (unpaired) electrons. The second-order valence-electron chi connectivity index (χ2n) is 7.65. The van der Waals surface area contributed by atoms with Crippen molar-refractivity contribution < 1.29 is 9.53 Å². The first-order valence-corrected chi connectivity index (χ1v) is 11.0. The third kappa shape index (κ3) is 4.79. The Hall–Kier alpha value is -1.77. The summed E-state index contributed by atoms with van der Waals surface area (Å²) < 4.78 is 7.58. The number of aryl methyl sites for hydroxylation is 1. The van der Waals surface area contributed by atoms with Crippen LogP contribution in [0.5, 0.6) is 0 Å². The minimum atomic E-state index is 0.0960. The SMILES string of the molecule is Cc1ccc(CN2CCc3nnc(CCNC(=O)C4CCOCC4)n3CC2)s1. The van der Waals surface area contributed by atoms with Gasteiger partial charge in [0.15, 0.2) is 0 Å². The van der Waals surface area contributed by atoms with E-state index in [9.17, 15) is 4.79 Å². The van der Waals surface area contributed by atoms with Crippen LogP contribution in [0.1, 0.15) is 34.2 Å². The topological polar surface area (TPSA) is 72.3 Å². The van der Waals surface area contributed by atoms with Crippen LogP contribution in [0.3, 0.4) is 0 Å². The number of hydrogen-bond acceptors (Lipinski definition) is 6. The van der Waals surface area contributed by atoms with E-state index in [1.807, 2.05) is 11.3 Å². The first-order chi connectivity index (χ1) is 13.7. The van der Waals surface area contributed by atoms with Crippen LogP contribution in [0, 0.1) is 12.8 Å². The Kier molecular flexibility index (Phi) is 6.39. The number of aromatic nitrogens is 3. The van der Waals surface area contributed by atoms with Gasteiger partial charge >= 0.3 is 0 Å². The van der Waals surface area contributed by atoms with Crippen molar-refractivity contribution in [2.75, 3.05) is 32.8 Å². The molecule has 1 fully saturated rings. The molecule has 0 saturated carbocycles. The van der Waals surface area contributed by atoms with E-state index >= 15 is 0 Å². The number of thiophene rings is 1. The fraction of sp³-hybridized carbons (Fsp3) is 0.650. The smallest absolute Gasteiger partial charge is 0.223 e. The standard InChI is InChI=1S/C20H29N5O2S/c1-15-2-3-17(28-15)14-24-9-5-19-23-22-18(25(19)11-10-24)4-8-21-20(26)16-6-12-27-13-7-16/h2-3,16H,4-14H2,1H3,(H,21,26). The Balaban J connectivity index is 1.28. The first-order valence-electron chi connectivity index (χ1n) is 10.2. The summed E-state index contributed by atoms with van der Waals surface area (Å²) in [4.78, 5) is 17.6. The summed E-state index contributed by atoms with van der Waals surface area (Å²) in [5.74, 6) is 2.29. The Morgan fingerprint density at radius 1 is 1.25 bits per heavy atom. The maximum atomic E-state index is 12.3. The van der Waals surface area contributed by atoms with Gasteiger partial charge in [-0.05, 0) is 31.9 Å². The maximum Gasteiger partial charge on any atom is 0.223 e. The zero-order valence-electron chi connectivity index (χ0n) is 16.5. The molecule has 1 amide bonds. The summed E-state index contributed by atoms with van der Waals surface area (Å²) >= 11 is 1.88. The number of fused-ring (bicyclic) bond motifs is 1. The number of carbonyl (C=O) groups is 1. The summed E-state index contributed by atoms with van der Waals surface area (Å²) in [5.41, 5.74) is 0. The predicted molar refractivity (Wildman–Crippen MR) is 108 cm³/mol. The van der Waals surface area contributed by atoms with Crippen LogP contribution in [-0.4, -0.2) is 58.4 Å². The molecule has 7 nitrogen and oxygen atoms in total. The van der Waals surface area contributed by atoms with Crippen LogP contribution in [-0.2, 0) is 35.5 Å². The molecule has 152 valence electrons. The fourth-order valence-electron chi connectivity index (χ4n) is 3.96. The molecule has 2 aromatic heterocycles. The highest BCUT2D eigenvalue weighted by Crippen LogP contribution is 2.19. The molecule has 0 atom stereocenters. The number of hydrogen-bond donors (Lipinski definition) is 1. The van der Waals surface area contributed by atoms with Crippen molar-refractivity contribution in [3.8, 4) is 0 Å². The normalized spacial score (nSPS) is 18.6. The Labute approximate surface area is 170 Å². The minimum absolute atomic E-state index is 0.0960. The van der Waals surface area contributed by atoms with Gasteiger partial charge in [0.1, 0.15) is 11.6 Å². The van der Waals surface area contributed by atoms with E-state index in [1.54, 1.807) is 0 Å². The molecular weight excluding hydrogens is 374 g/mol. The largest absolute Gasteiger partial charge is 0.381 e. The lowest BCUT2D eigenvalue weighted by Crippen LogP contribution is -2.35. The molecule has 0 aliphatic carbocycles. The van der Waals surface area contributed by atoms with Gasteiger partial charge in [-0.3, -0.25) is 9.69 Å². The van der Waals surface area contributed by atoms with E-state index in [-0.39, 0.29) is 11.8 Å². The van der Waals surface area contributed by atoms with Crippen LogP contribution >= 0.6 is 11.3 Å². The number of amides is 1. The van der Waals surface area contributed by atoms with Gasteiger partial charge in [0, 0.05) is 74.5 Å². The van der Waals surface area contributed by atoms with E-state index in [2.05, 4.69) is 44.0 Å².